The molecule has 0 aromatic heterocycles. The van der Waals surface area contributed by atoms with Crippen molar-refractivity contribution in [1.82, 2.24) is 10.2 Å². The Bertz CT molecular complexity index is 296. The Morgan fingerprint density at radius 2 is 1.87 bits per heavy atom. The molecule has 0 saturated heterocycles. The normalized spacial score (nSPS) is 10.5. The molecule has 0 spiro atoms. The summed E-state index contributed by atoms with van der Waals surface area (Å²) in [6.07, 6.45) is 0. The first-order chi connectivity index (χ1) is 6.74. The van der Waals surface area contributed by atoms with Crippen LogP contribution in [-0.4, -0.2) is 32.0 Å². The molecule has 1 aromatic rings. The summed E-state index contributed by atoms with van der Waals surface area (Å²) in [5.74, 6) is 0.897. The summed E-state index contributed by atoms with van der Waals surface area (Å²) in [5, 5.41) is 3.26. The fraction of sp³-hybridized carbons (Fsp3) is 0.364. The maximum Gasteiger partial charge on any atom is 0.193 e. The molecule has 0 fully saturated rings. The van der Waals surface area contributed by atoms with Crippen LogP contribution in [-0.2, 0) is 6.54 Å². The van der Waals surface area contributed by atoms with Crippen LogP contribution in [0.5, 0.6) is 0 Å². The van der Waals surface area contributed by atoms with Crippen LogP contribution in [0.4, 0.5) is 0 Å². The molecule has 15 heavy (non-hydrogen) atoms. The van der Waals surface area contributed by atoms with Gasteiger partial charge in [-0.2, -0.15) is 0 Å². The third-order valence-corrected chi connectivity index (χ3v) is 1.93. The topological polar surface area (TPSA) is 27.6 Å². The van der Waals surface area contributed by atoms with Gasteiger partial charge in [-0.05, 0) is 5.56 Å². The van der Waals surface area contributed by atoms with Crippen LogP contribution in [0.1, 0.15) is 5.56 Å². The van der Waals surface area contributed by atoms with Crippen LogP contribution >= 0.6 is 24.0 Å². The lowest BCUT2D eigenvalue weighted by atomic mass is 10.2. The predicted molar refractivity (Wildman–Crippen MR) is 75.7 cm³/mol. The van der Waals surface area contributed by atoms with E-state index in [4.69, 9.17) is 0 Å². The molecule has 0 aliphatic carbocycles. The van der Waals surface area contributed by atoms with Gasteiger partial charge in [-0.1, -0.05) is 30.3 Å². The molecule has 0 aliphatic heterocycles. The highest BCUT2D eigenvalue weighted by atomic mass is 127. The number of hydrogen-bond acceptors (Lipinski definition) is 1. The first kappa shape index (κ1) is 14.2. The number of halogens is 1. The van der Waals surface area contributed by atoms with E-state index in [1.807, 2.05) is 37.2 Å². The predicted octanol–water partition coefficient (Wildman–Crippen LogP) is 1.94. The first-order valence-corrected chi connectivity index (χ1v) is 4.66. The smallest absolute Gasteiger partial charge is 0.193 e. The Morgan fingerprint density at radius 1 is 1.27 bits per heavy atom. The van der Waals surface area contributed by atoms with Gasteiger partial charge in [-0.3, -0.25) is 4.99 Å². The van der Waals surface area contributed by atoms with Crippen LogP contribution < -0.4 is 5.32 Å². The minimum Gasteiger partial charge on any atom is -0.352 e. The molecular weight excluding hydrogens is 301 g/mol. The zero-order chi connectivity index (χ0) is 10.4. The largest absolute Gasteiger partial charge is 0.352 e. The van der Waals surface area contributed by atoms with Gasteiger partial charge in [0.05, 0.1) is 0 Å². The molecule has 0 aliphatic rings. The zero-order valence-electron chi connectivity index (χ0n) is 9.40. The minimum atomic E-state index is 0. The SMILES string of the molecule is CN=C(NCc1ccccc1)N(C)C.I. The van der Waals surface area contributed by atoms with E-state index in [1.54, 1.807) is 7.05 Å². The summed E-state index contributed by atoms with van der Waals surface area (Å²) in [4.78, 5) is 6.10. The number of nitrogens with one attached hydrogen (secondary N) is 1. The highest BCUT2D eigenvalue weighted by Crippen LogP contribution is 1.97. The van der Waals surface area contributed by atoms with Gasteiger partial charge in [0.25, 0.3) is 0 Å². The van der Waals surface area contributed by atoms with Crippen molar-refractivity contribution < 1.29 is 0 Å². The van der Waals surface area contributed by atoms with Gasteiger partial charge in [-0.15, -0.1) is 24.0 Å². The molecule has 1 N–H and O–H groups in total. The number of aliphatic imine (C=N–C) groups is 1. The van der Waals surface area contributed by atoms with Crippen molar-refractivity contribution in [3.05, 3.63) is 35.9 Å². The fourth-order valence-electron chi connectivity index (χ4n) is 1.21. The summed E-state index contributed by atoms with van der Waals surface area (Å²) in [6.45, 7) is 0.811. The van der Waals surface area contributed by atoms with Gasteiger partial charge in [-0.25, -0.2) is 0 Å². The number of benzene rings is 1. The number of nitrogens with zero attached hydrogens (tertiary/aromatic N) is 2. The Balaban J connectivity index is 0.00000196. The van der Waals surface area contributed by atoms with Crippen molar-refractivity contribution in [2.24, 2.45) is 4.99 Å². The zero-order valence-corrected chi connectivity index (χ0v) is 11.7. The second kappa shape index (κ2) is 7.50. The van der Waals surface area contributed by atoms with Crippen molar-refractivity contribution >= 4 is 29.9 Å². The van der Waals surface area contributed by atoms with E-state index in [0.717, 1.165) is 12.5 Å². The molecule has 84 valence electrons. The van der Waals surface area contributed by atoms with E-state index in [1.165, 1.54) is 5.56 Å². The fourth-order valence-corrected chi connectivity index (χ4v) is 1.21. The highest BCUT2D eigenvalue weighted by molar-refractivity contribution is 14.0. The molecule has 0 unspecified atom stereocenters. The highest BCUT2D eigenvalue weighted by Gasteiger charge is 1.98. The van der Waals surface area contributed by atoms with E-state index in [-0.39, 0.29) is 24.0 Å². The van der Waals surface area contributed by atoms with Crippen molar-refractivity contribution in [2.45, 2.75) is 6.54 Å². The summed E-state index contributed by atoms with van der Waals surface area (Å²) < 4.78 is 0. The molecule has 1 rings (SSSR count). The van der Waals surface area contributed by atoms with Crippen molar-refractivity contribution in [3.63, 3.8) is 0 Å². The average Bonchev–Trinajstić information content (AvgIpc) is 2.20. The Hall–Kier alpha value is -0.780. The monoisotopic (exact) mass is 319 g/mol. The maximum atomic E-state index is 4.13. The van der Waals surface area contributed by atoms with Crippen molar-refractivity contribution in [2.75, 3.05) is 21.1 Å². The van der Waals surface area contributed by atoms with E-state index in [2.05, 4.69) is 22.4 Å². The standard InChI is InChI=1S/C11H17N3.HI/c1-12-11(14(2)3)13-9-10-7-5-4-6-8-10;/h4-8H,9H2,1-3H3,(H,12,13);1H. The summed E-state index contributed by atoms with van der Waals surface area (Å²) in [5.41, 5.74) is 1.26. The third-order valence-electron chi connectivity index (χ3n) is 1.93. The average molecular weight is 319 g/mol. The Kier molecular flexibility index (Phi) is 7.11. The molecule has 0 bridgehead atoms. The lowest BCUT2D eigenvalue weighted by Crippen LogP contribution is -2.35. The summed E-state index contributed by atoms with van der Waals surface area (Å²) >= 11 is 0. The van der Waals surface area contributed by atoms with E-state index in [0.29, 0.717) is 0 Å². The molecule has 0 amide bonds. The van der Waals surface area contributed by atoms with Crippen LogP contribution in [0.3, 0.4) is 0 Å². The molecule has 0 radical (unpaired) electrons. The molecule has 0 saturated carbocycles. The van der Waals surface area contributed by atoms with Crippen LogP contribution in [0, 0.1) is 0 Å². The quantitative estimate of drug-likeness (QED) is 0.513. The molecule has 4 heteroatoms. The van der Waals surface area contributed by atoms with Crippen LogP contribution in [0.2, 0.25) is 0 Å². The number of guanidine groups is 1. The Morgan fingerprint density at radius 3 is 2.33 bits per heavy atom. The second-order valence-corrected chi connectivity index (χ2v) is 3.28. The van der Waals surface area contributed by atoms with Crippen LogP contribution in [0.15, 0.2) is 35.3 Å². The third kappa shape index (κ3) is 5.01. The first-order valence-electron chi connectivity index (χ1n) is 4.66. The Labute approximate surface area is 109 Å². The van der Waals surface area contributed by atoms with Crippen molar-refractivity contribution in [1.29, 1.82) is 0 Å². The number of hydrogen-bond donors (Lipinski definition) is 1. The molecule has 0 heterocycles. The van der Waals surface area contributed by atoms with Gasteiger partial charge in [0, 0.05) is 27.7 Å². The van der Waals surface area contributed by atoms with Gasteiger partial charge in [0.2, 0.25) is 0 Å². The molecular formula is C11H18IN3. The number of rotatable bonds is 2. The summed E-state index contributed by atoms with van der Waals surface area (Å²) in [7, 11) is 5.73. The lowest BCUT2D eigenvalue weighted by molar-refractivity contribution is 0.583. The van der Waals surface area contributed by atoms with E-state index < -0.39 is 0 Å². The lowest BCUT2D eigenvalue weighted by Gasteiger charge is -2.16. The second-order valence-electron chi connectivity index (χ2n) is 3.28. The van der Waals surface area contributed by atoms with Crippen molar-refractivity contribution in [3.8, 4) is 0 Å². The minimum absolute atomic E-state index is 0. The molecule has 3 nitrogen and oxygen atoms in total. The van der Waals surface area contributed by atoms with Gasteiger partial charge in [0.1, 0.15) is 0 Å². The van der Waals surface area contributed by atoms with Gasteiger partial charge < -0.3 is 10.2 Å². The van der Waals surface area contributed by atoms with Crippen LogP contribution in [0.25, 0.3) is 0 Å². The van der Waals surface area contributed by atoms with E-state index in [9.17, 15) is 0 Å². The molecule has 0 atom stereocenters. The van der Waals surface area contributed by atoms with E-state index >= 15 is 0 Å². The maximum absolute atomic E-state index is 4.13. The molecule has 1 aromatic carbocycles. The van der Waals surface area contributed by atoms with Gasteiger partial charge in [0.15, 0.2) is 5.96 Å². The summed E-state index contributed by atoms with van der Waals surface area (Å²) in [6, 6.07) is 10.3. The van der Waals surface area contributed by atoms with Gasteiger partial charge >= 0.3 is 0 Å².